The first-order valence-corrected chi connectivity index (χ1v) is 12.3. The van der Waals surface area contributed by atoms with E-state index in [0.717, 1.165) is 36.0 Å². The van der Waals surface area contributed by atoms with Gasteiger partial charge in [-0.15, -0.1) is 11.8 Å². The summed E-state index contributed by atoms with van der Waals surface area (Å²) in [7, 11) is 1.54. The third kappa shape index (κ3) is 3.76. The van der Waals surface area contributed by atoms with Crippen LogP contribution in [0.25, 0.3) is 0 Å². The Bertz CT molecular complexity index is 1220. The number of para-hydroxylation sites is 2. The largest absolute Gasteiger partial charge is 0.495 e. The van der Waals surface area contributed by atoms with E-state index in [0.29, 0.717) is 17.1 Å². The number of amides is 4. The minimum absolute atomic E-state index is 0.153. The lowest BCUT2D eigenvalue weighted by atomic mass is 9.93. The van der Waals surface area contributed by atoms with E-state index < -0.39 is 17.3 Å². The molecule has 176 valence electrons. The van der Waals surface area contributed by atoms with Crippen molar-refractivity contribution in [2.75, 3.05) is 23.9 Å². The van der Waals surface area contributed by atoms with Crippen molar-refractivity contribution in [2.45, 2.75) is 38.5 Å². The molecule has 0 saturated carbocycles. The number of imide groups is 1. The van der Waals surface area contributed by atoms with Crippen LogP contribution in [0.15, 0.2) is 52.9 Å². The highest BCUT2D eigenvalue weighted by molar-refractivity contribution is 8.04. The van der Waals surface area contributed by atoms with Crippen molar-refractivity contribution in [1.29, 1.82) is 0 Å². The normalized spacial score (nSPS) is 21.6. The fraction of sp³-hybridized carbons (Fsp3) is 0.346. The van der Waals surface area contributed by atoms with Crippen LogP contribution >= 0.6 is 11.8 Å². The summed E-state index contributed by atoms with van der Waals surface area (Å²) in [5, 5.41) is 2.47. The lowest BCUT2D eigenvalue weighted by molar-refractivity contribution is -0.124. The molecule has 2 aromatic rings. The maximum absolute atomic E-state index is 13.7. The summed E-state index contributed by atoms with van der Waals surface area (Å²) in [5.41, 5.74) is 4.31. The molecule has 0 radical (unpaired) electrons. The molecule has 8 heteroatoms. The van der Waals surface area contributed by atoms with Gasteiger partial charge in [0.2, 0.25) is 11.8 Å². The molecule has 2 unspecified atom stereocenters. The van der Waals surface area contributed by atoms with E-state index in [1.54, 1.807) is 42.0 Å². The summed E-state index contributed by atoms with van der Waals surface area (Å²) in [4.78, 5) is 44.5. The number of aryl methyl sites for hydroxylation is 2. The van der Waals surface area contributed by atoms with Gasteiger partial charge in [0.05, 0.1) is 29.8 Å². The Kier molecular flexibility index (Phi) is 5.85. The van der Waals surface area contributed by atoms with Crippen molar-refractivity contribution >= 4 is 41.0 Å². The maximum atomic E-state index is 13.7. The van der Waals surface area contributed by atoms with Crippen LogP contribution in [0.3, 0.4) is 0 Å². The average Bonchev–Trinajstić information content (AvgIpc) is 3.41. The Morgan fingerprint density at radius 2 is 1.91 bits per heavy atom. The molecule has 2 heterocycles. The number of rotatable bonds is 5. The molecule has 34 heavy (non-hydrogen) atoms. The topological polar surface area (TPSA) is 79.0 Å². The highest BCUT2D eigenvalue weighted by atomic mass is 32.2. The number of thioether (sulfide) groups is 1. The van der Waals surface area contributed by atoms with Crippen LogP contribution in [0.2, 0.25) is 0 Å². The summed E-state index contributed by atoms with van der Waals surface area (Å²) >= 11 is 1.57. The highest BCUT2D eigenvalue weighted by Crippen LogP contribution is 2.53. The second-order valence-corrected chi connectivity index (χ2v) is 10.1. The van der Waals surface area contributed by atoms with E-state index in [1.165, 1.54) is 9.81 Å². The fourth-order valence-electron chi connectivity index (χ4n) is 4.93. The smallest absolute Gasteiger partial charge is 0.332 e. The summed E-state index contributed by atoms with van der Waals surface area (Å²) in [6.45, 7) is 3.80. The molecule has 0 aromatic heterocycles. The molecule has 1 N–H and O–H groups in total. The van der Waals surface area contributed by atoms with Crippen LogP contribution in [-0.4, -0.2) is 41.8 Å². The number of carbonyl (C=O) groups excluding carboxylic acids is 3. The summed E-state index contributed by atoms with van der Waals surface area (Å²) < 4.78 is 5.33. The summed E-state index contributed by atoms with van der Waals surface area (Å²) in [5.74, 6) is -0.403. The van der Waals surface area contributed by atoms with Gasteiger partial charge in [0, 0.05) is 0 Å². The van der Waals surface area contributed by atoms with Crippen LogP contribution in [0.4, 0.5) is 16.2 Å². The number of fused-ring (bicyclic) bond motifs is 2. The number of carbonyl (C=O) groups is 3. The van der Waals surface area contributed by atoms with E-state index in [1.807, 2.05) is 38.1 Å². The van der Waals surface area contributed by atoms with E-state index in [-0.39, 0.29) is 18.4 Å². The molecule has 1 fully saturated rings. The van der Waals surface area contributed by atoms with E-state index in [2.05, 4.69) is 5.32 Å². The Hall–Kier alpha value is -3.26. The van der Waals surface area contributed by atoms with Gasteiger partial charge in [0.1, 0.15) is 12.3 Å². The number of nitrogens with one attached hydrogen (secondary N) is 1. The van der Waals surface area contributed by atoms with Gasteiger partial charge in [-0.1, -0.05) is 18.2 Å². The molecule has 2 atom stereocenters. The van der Waals surface area contributed by atoms with Crippen LogP contribution in [-0.2, 0) is 9.59 Å². The van der Waals surface area contributed by atoms with Crippen LogP contribution in [0.1, 0.15) is 30.4 Å². The highest BCUT2D eigenvalue weighted by Gasteiger charge is 2.53. The molecule has 5 rings (SSSR count). The molecule has 7 nitrogen and oxygen atoms in total. The van der Waals surface area contributed by atoms with Crippen molar-refractivity contribution in [1.82, 2.24) is 4.90 Å². The number of allylic oxidation sites excluding steroid dienone is 1. The molecular formula is C26H27N3O4S. The fourth-order valence-corrected chi connectivity index (χ4v) is 6.57. The van der Waals surface area contributed by atoms with Crippen LogP contribution < -0.4 is 15.0 Å². The third-order valence-electron chi connectivity index (χ3n) is 6.81. The molecule has 2 aliphatic heterocycles. The molecule has 1 saturated heterocycles. The number of benzene rings is 2. The second-order valence-electron chi connectivity index (χ2n) is 8.89. The van der Waals surface area contributed by atoms with E-state index >= 15 is 0 Å². The van der Waals surface area contributed by atoms with Crippen molar-refractivity contribution < 1.29 is 19.1 Å². The molecule has 2 aromatic carbocycles. The molecule has 0 bridgehead atoms. The van der Waals surface area contributed by atoms with E-state index in [4.69, 9.17) is 4.74 Å². The lowest BCUT2D eigenvalue weighted by Crippen LogP contribution is -2.61. The summed E-state index contributed by atoms with van der Waals surface area (Å²) in [6.07, 6.45) is 2.82. The Balaban J connectivity index is 1.47. The van der Waals surface area contributed by atoms with Gasteiger partial charge in [-0.3, -0.25) is 9.59 Å². The SMILES string of the molecule is COc1ccccc1NC(=O)CN1C(=O)N(c2ccc(C)c(C)c2)C(=O)C2C3=C(CCC3)SC21. The van der Waals surface area contributed by atoms with Gasteiger partial charge in [0.15, 0.2) is 0 Å². The third-order valence-corrected chi connectivity index (χ3v) is 8.32. The van der Waals surface area contributed by atoms with Gasteiger partial charge in [-0.05, 0) is 79.0 Å². The molecule has 3 aliphatic rings. The summed E-state index contributed by atoms with van der Waals surface area (Å²) in [6, 6.07) is 12.3. The predicted molar refractivity (Wildman–Crippen MR) is 133 cm³/mol. The Morgan fingerprint density at radius 3 is 2.68 bits per heavy atom. The van der Waals surface area contributed by atoms with Crippen molar-refractivity contribution in [3.63, 3.8) is 0 Å². The number of hydrogen-bond donors (Lipinski definition) is 1. The number of ether oxygens (including phenoxy) is 1. The standard InChI is InChI=1S/C26H27N3O4S/c1-15-11-12-17(13-16(15)2)29-24(31)23-18-7-6-10-21(18)34-25(23)28(26(29)32)14-22(30)27-19-8-4-5-9-20(19)33-3/h4-5,8-9,11-13,23,25H,6-7,10,14H2,1-3H3,(H,27,30). The quantitative estimate of drug-likeness (QED) is 0.666. The minimum Gasteiger partial charge on any atom is -0.495 e. The average molecular weight is 478 g/mol. The molecule has 4 amide bonds. The maximum Gasteiger partial charge on any atom is 0.332 e. The Labute approximate surface area is 203 Å². The first-order chi connectivity index (χ1) is 16.4. The lowest BCUT2D eigenvalue weighted by Gasteiger charge is -2.42. The zero-order valence-corrected chi connectivity index (χ0v) is 20.3. The zero-order chi connectivity index (χ0) is 24.0. The first kappa shape index (κ1) is 22.5. The predicted octanol–water partition coefficient (Wildman–Crippen LogP) is 4.85. The van der Waals surface area contributed by atoms with Gasteiger partial charge < -0.3 is 15.0 Å². The second kappa shape index (κ2) is 8.83. The van der Waals surface area contributed by atoms with Gasteiger partial charge in [0.25, 0.3) is 0 Å². The monoisotopic (exact) mass is 477 g/mol. The molecule has 1 aliphatic carbocycles. The number of urea groups is 1. The van der Waals surface area contributed by atoms with Crippen molar-refractivity contribution in [3.05, 3.63) is 64.1 Å². The van der Waals surface area contributed by atoms with Gasteiger partial charge in [-0.2, -0.15) is 0 Å². The van der Waals surface area contributed by atoms with Gasteiger partial charge in [-0.25, -0.2) is 9.69 Å². The Morgan fingerprint density at radius 1 is 1.12 bits per heavy atom. The number of hydrogen-bond acceptors (Lipinski definition) is 5. The van der Waals surface area contributed by atoms with Crippen LogP contribution in [0.5, 0.6) is 5.75 Å². The number of methoxy groups -OCH3 is 1. The number of nitrogens with zero attached hydrogens (tertiary/aromatic N) is 2. The van der Waals surface area contributed by atoms with Crippen molar-refractivity contribution in [2.24, 2.45) is 5.92 Å². The van der Waals surface area contributed by atoms with Crippen molar-refractivity contribution in [3.8, 4) is 5.75 Å². The zero-order valence-electron chi connectivity index (χ0n) is 19.5. The van der Waals surface area contributed by atoms with E-state index in [9.17, 15) is 14.4 Å². The molecular weight excluding hydrogens is 450 g/mol. The van der Waals surface area contributed by atoms with Crippen LogP contribution in [0, 0.1) is 19.8 Å². The minimum atomic E-state index is -0.460. The van der Waals surface area contributed by atoms with Gasteiger partial charge >= 0.3 is 6.03 Å². The first-order valence-electron chi connectivity index (χ1n) is 11.4. The number of anilines is 2. The molecule has 0 spiro atoms.